The van der Waals surface area contributed by atoms with Gasteiger partial charge >= 0.3 is 14.6 Å². The summed E-state index contributed by atoms with van der Waals surface area (Å²) in [6, 6.07) is 10.1. The van der Waals surface area contributed by atoms with Crippen LogP contribution >= 0.6 is 0 Å². The lowest BCUT2D eigenvalue weighted by Crippen LogP contribution is -2.38. The molecule has 3 N–H and O–H groups in total. The van der Waals surface area contributed by atoms with Crippen molar-refractivity contribution in [3.63, 3.8) is 0 Å². The molecule has 0 saturated carbocycles. The zero-order valence-corrected chi connectivity index (χ0v) is 14.6. The first-order valence-corrected chi connectivity index (χ1v) is 10.0. The topological polar surface area (TPSA) is 71.6 Å². The van der Waals surface area contributed by atoms with Gasteiger partial charge in [-0.1, -0.05) is 18.2 Å². The Bertz CT molecular complexity index is 427. The summed E-state index contributed by atoms with van der Waals surface area (Å²) in [5, 5.41) is 8.88. The first-order chi connectivity index (χ1) is 10.6. The number of urea groups is 1. The molecular weight excluding hydrogens is 298 g/mol. The van der Waals surface area contributed by atoms with E-state index in [1.807, 2.05) is 30.3 Å². The van der Waals surface area contributed by atoms with Crippen molar-refractivity contribution in [3.05, 3.63) is 30.3 Å². The molecule has 1 aromatic carbocycles. The van der Waals surface area contributed by atoms with Gasteiger partial charge < -0.3 is 24.8 Å². The number of carbonyl (C=O) groups excluding carboxylic acids is 1. The standard InChI is InChI=1S/C15H27N3O3Si/c1-20-22(3,21-2)13-7-10-16-11-12-17-15(19)18-14-8-5-4-6-9-14/h4-6,8-9,16H,7,10-13H2,1-3H3,(H2,17,18,19). The average molecular weight is 325 g/mol. The lowest BCUT2D eigenvalue weighted by molar-refractivity contribution is 0.248. The molecule has 1 rings (SSSR count). The number of carbonyl (C=O) groups is 1. The Labute approximate surface area is 133 Å². The van der Waals surface area contributed by atoms with Crippen molar-refractivity contribution < 1.29 is 13.6 Å². The van der Waals surface area contributed by atoms with Crippen LogP contribution in [-0.4, -0.2) is 48.4 Å². The monoisotopic (exact) mass is 325 g/mol. The predicted molar refractivity (Wildman–Crippen MR) is 91.4 cm³/mol. The predicted octanol–water partition coefficient (Wildman–Crippen LogP) is 2.15. The van der Waals surface area contributed by atoms with Crippen LogP contribution in [0, 0.1) is 0 Å². The fraction of sp³-hybridized carbons (Fsp3) is 0.533. The largest absolute Gasteiger partial charge is 0.398 e. The Kier molecular flexibility index (Phi) is 8.76. The van der Waals surface area contributed by atoms with Gasteiger partial charge in [0, 0.05) is 33.0 Å². The van der Waals surface area contributed by atoms with Crippen LogP contribution in [0.3, 0.4) is 0 Å². The summed E-state index contributed by atoms with van der Waals surface area (Å²) in [7, 11) is 1.47. The highest BCUT2D eigenvalue weighted by molar-refractivity contribution is 6.65. The first-order valence-electron chi connectivity index (χ1n) is 7.50. The second-order valence-electron chi connectivity index (χ2n) is 5.14. The number of hydrogen-bond donors (Lipinski definition) is 3. The molecule has 22 heavy (non-hydrogen) atoms. The van der Waals surface area contributed by atoms with Crippen LogP contribution < -0.4 is 16.0 Å². The van der Waals surface area contributed by atoms with Crippen molar-refractivity contribution in [1.29, 1.82) is 0 Å². The van der Waals surface area contributed by atoms with E-state index >= 15 is 0 Å². The molecule has 0 saturated heterocycles. The third-order valence-corrected chi connectivity index (χ3v) is 6.46. The summed E-state index contributed by atoms with van der Waals surface area (Å²) < 4.78 is 10.9. The average Bonchev–Trinajstić information content (AvgIpc) is 2.54. The van der Waals surface area contributed by atoms with E-state index in [0.717, 1.165) is 31.2 Å². The van der Waals surface area contributed by atoms with Gasteiger partial charge in [0.1, 0.15) is 0 Å². The quantitative estimate of drug-likeness (QED) is 0.455. The van der Waals surface area contributed by atoms with Crippen LogP contribution in [0.2, 0.25) is 12.6 Å². The third kappa shape index (κ3) is 7.55. The van der Waals surface area contributed by atoms with Crippen molar-refractivity contribution in [2.24, 2.45) is 0 Å². The van der Waals surface area contributed by atoms with E-state index in [0.29, 0.717) is 6.54 Å². The van der Waals surface area contributed by atoms with Gasteiger partial charge in [-0.2, -0.15) is 0 Å². The summed E-state index contributed by atoms with van der Waals surface area (Å²) in [5.74, 6) is 0. The fourth-order valence-electron chi connectivity index (χ4n) is 1.91. The van der Waals surface area contributed by atoms with Crippen molar-refractivity contribution >= 4 is 20.3 Å². The van der Waals surface area contributed by atoms with E-state index in [1.54, 1.807) is 14.2 Å². The van der Waals surface area contributed by atoms with Gasteiger partial charge in [0.25, 0.3) is 0 Å². The Hall–Kier alpha value is -1.41. The summed E-state index contributed by atoms with van der Waals surface area (Å²) in [5.41, 5.74) is 0.788. The molecule has 0 radical (unpaired) electrons. The summed E-state index contributed by atoms with van der Waals surface area (Å²) in [4.78, 5) is 11.6. The number of amides is 2. The summed E-state index contributed by atoms with van der Waals surface area (Å²) in [6.45, 7) is 4.27. The Morgan fingerprint density at radius 3 is 2.41 bits per heavy atom. The summed E-state index contributed by atoms with van der Waals surface area (Å²) >= 11 is 0. The van der Waals surface area contributed by atoms with Gasteiger partial charge in [-0.3, -0.25) is 0 Å². The highest BCUT2D eigenvalue weighted by Gasteiger charge is 2.27. The van der Waals surface area contributed by atoms with Gasteiger partial charge in [-0.15, -0.1) is 0 Å². The molecular formula is C15H27N3O3Si. The van der Waals surface area contributed by atoms with E-state index < -0.39 is 8.56 Å². The molecule has 0 fully saturated rings. The lowest BCUT2D eigenvalue weighted by atomic mass is 10.3. The second kappa shape index (κ2) is 10.3. The lowest BCUT2D eigenvalue weighted by Gasteiger charge is -2.22. The van der Waals surface area contributed by atoms with Gasteiger partial charge in [-0.05, 0) is 37.7 Å². The van der Waals surface area contributed by atoms with Crippen LogP contribution in [0.25, 0.3) is 0 Å². The molecule has 2 amide bonds. The molecule has 0 aliphatic carbocycles. The molecule has 124 valence electrons. The van der Waals surface area contributed by atoms with E-state index in [1.165, 1.54) is 0 Å². The van der Waals surface area contributed by atoms with Crippen LogP contribution in [0.1, 0.15) is 6.42 Å². The van der Waals surface area contributed by atoms with Crippen LogP contribution in [-0.2, 0) is 8.85 Å². The SMILES string of the molecule is CO[Si](C)(CCCNCCNC(=O)Nc1ccccc1)OC. The molecule has 6 nitrogen and oxygen atoms in total. The van der Waals surface area contributed by atoms with Crippen LogP contribution in [0.15, 0.2) is 30.3 Å². The molecule has 0 aliphatic rings. The first kappa shape index (κ1) is 18.6. The Balaban J connectivity index is 2.02. The Morgan fingerprint density at radius 1 is 1.09 bits per heavy atom. The van der Waals surface area contributed by atoms with Gasteiger partial charge in [-0.25, -0.2) is 4.79 Å². The van der Waals surface area contributed by atoms with Gasteiger partial charge in [0.15, 0.2) is 0 Å². The molecule has 7 heteroatoms. The number of para-hydroxylation sites is 1. The third-order valence-electron chi connectivity index (χ3n) is 3.47. The van der Waals surface area contributed by atoms with E-state index in [2.05, 4.69) is 22.5 Å². The molecule has 0 spiro atoms. The number of anilines is 1. The second-order valence-corrected chi connectivity index (χ2v) is 8.73. The smallest absolute Gasteiger partial charge is 0.334 e. The van der Waals surface area contributed by atoms with Gasteiger partial charge in [0.05, 0.1) is 0 Å². The Morgan fingerprint density at radius 2 is 1.77 bits per heavy atom. The number of benzene rings is 1. The van der Waals surface area contributed by atoms with Gasteiger partial charge in [0.2, 0.25) is 0 Å². The zero-order valence-electron chi connectivity index (χ0n) is 13.6. The van der Waals surface area contributed by atoms with Crippen molar-refractivity contribution in [1.82, 2.24) is 10.6 Å². The van der Waals surface area contributed by atoms with Crippen LogP contribution in [0.5, 0.6) is 0 Å². The van der Waals surface area contributed by atoms with E-state index in [9.17, 15) is 4.79 Å². The normalized spacial score (nSPS) is 11.2. The number of nitrogens with one attached hydrogen (secondary N) is 3. The molecule has 0 aliphatic heterocycles. The minimum absolute atomic E-state index is 0.188. The van der Waals surface area contributed by atoms with Crippen molar-refractivity contribution in [2.45, 2.75) is 19.0 Å². The molecule has 0 atom stereocenters. The maximum Gasteiger partial charge on any atom is 0.334 e. The highest BCUT2D eigenvalue weighted by atomic mass is 28.4. The maximum atomic E-state index is 11.6. The number of hydrogen-bond acceptors (Lipinski definition) is 4. The minimum atomic E-state index is -1.95. The zero-order chi connectivity index (χ0) is 16.3. The number of rotatable bonds is 10. The van der Waals surface area contributed by atoms with E-state index in [4.69, 9.17) is 8.85 Å². The van der Waals surface area contributed by atoms with Crippen molar-refractivity contribution in [2.75, 3.05) is 39.2 Å². The molecule has 0 unspecified atom stereocenters. The fourth-order valence-corrected chi connectivity index (χ4v) is 3.30. The molecule has 0 bridgehead atoms. The van der Waals surface area contributed by atoms with E-state index in [-0.39, 0.29) is 6.03 Å². The van der Waals surface area contributed by atoms with Crippen LogP contribution in [0.4, 0.5) is 10.5 Å². The summed E-state index contributed by atoms with van der Waals surface area (Å²) in [6.07, 6.45) is 1.00. The maximum absolute atomic E-state index is 11.6. The molecule has 0 heterocycles. The molecule has 0 aromatic heterocycles. The minimum Gasteiger partial charge on any atom is -0.398 e. The molecule has 1 aromatic rings. The van der Waals surface area contributed by atoms with Crippen molar-refractivity contribution in [3.8, 4) is 0 Å². The highest BCUT2D eigenvalue weighted by Crippen LogP contribution is 2.12.